The first-order chi connectivity index (χ1) is 9.11. The Labute approximate surface area is 121 Å². The average Bonchev–Trinajstić information content (AvgIpc) is 2.81. The molecule has 0 aliphatic heterocycles. The number of benzene rings is 1. The van der Waals surface area contributed by atoms with Crippen LogP contribution in [-0.2, 0) is 6.54 Å². The van der Waals surface area contributed by atoms with Gasteiger partial charge in [-0.3, -0.25) is 0 Å². The topological polar surface area (TPSA) is 64.1 Å². The van der Waals surface area contributed by atoms with E-state index in [1.807, 2.05) is 37.4 Å². The number of aryl methyl sites for hydroxylation is 1. The summed E-state index contributed by atoms with van der Waals surface area (Å²) in [6.45, 7) is 2.44. The molecule has 0 atom stereocenters. The number of aromatic nitrogens is 1. The normalized spacial score (nSPS) is 10.4. The molecule has 0 radical (unpaired) electrons. The fourth-order valence-corrected chi connectivity index (χ4v) is 2.71. The van der Waals surface area contributed by atoms with Gasteiger partial charge in [-0.1, -0.05) is 23.4 Å². The molecule has 0 fully saturated rings. The lowest BCUT2D eigenvalue weighted by Crippen LogP contribution is -2.14. The molecule has 3 N–H and O–H groups in total. The molecule has 0 aliphatic carbocycles. The van der Waals surface area contributed by atoms with E-state index in [2.05, 4.69) is 10.5 Å². The van der Waals surface area contributed by atoms with E-state index in [1.165, 1.54) is 0 Å². The summed E-state index contributed by atoms with van der Waals surface area (Å²) in [4.78, 5) is 1.46. The molecule has 2 rings (SSSR count). The van der Waals surface area contributed by atoms with Crippen molar-refractivity contribution in [3.63, 3.8) is 0 Å². The van der Waals surface area contributed by atoms with Crippen LogP contribution in [0.15, 0.2) is 33.7 Å². The number of thioether (sulfide) groups is 1. The summed E-state index contributed by atoms with van der Waals surface area (Å²) in [6.07, 6.45) is 2.00. The maximum absolute atomic E-state index is 5.81. The van der Waals surface area contributed by atoms with Crippen molar-refractivity contribution < 1.29 is 4.52 Å². The van der Waals surface area contributed by atoms with Crippen molar-refractivity contribution >= 4 is 34.7 Å². The van der Waals surface area contributed by atoms with Crippen LogP contribution in [0.3, 0.4) is 0 Å². The molecule has 1 aromatic heterocycles. The molecule has 0 unspecified atom stereocenters. The van der Waals surface area contributed by atoms with Gasteiger partial charge in [0.05, 0.1) is 6.54 Å². The third-order valence-corrected chi connectivity index (χ3v) is 3.61. The largest absolute Gasteiger partial charge is 0.389 e. The molecule has 0 spiro atoms. The maximum Gasteiger partial charge on any atom is 0.133 e. The number of hydrogen-bond acceptors (Lipinski definition) is 5. The van der Waals surface area contributed by atoms with Gasteiger partial charge in [-0.2, -0.15) is 0 Å². The molecule has 0 saturated carbocycles. The molecular formula is C13H15N3OS2. The lowest BCUT2D eigenvalue weighted by molar-refractivity contribution is 0.391. The zero-order chi connectivity index (χ0) is 13.8. The van der Waals surface area contributed by atoms with Crippen LogP contribution >= 0.6 is 24.0 Å². The number of rotatable bonds is 5. The van der Waals surface area contributed by atoms with Crippen LogP contribution in [0, 0.1) is 6.92 Å². The Balaban J connectivity index is 2.22. The summed E-state index contributed by atoms with van der Waals surface area (Å²) in [5.74, 6) is 0.796. The van der Waals surface area contributed by atoms with Gasteiger partial charge >= 0.3 is 0 Å². The molecule has 4 nitrogen and oxygen atoms in total. The fraction of sp³-hybridized carbons (Fsp3) is 0.231. The number of nitrogens with two attached hydrogens (primary N) is 1. The molecule has 0 saturated heterocycles. The number of anilines is 1. The van der Waals surface area contributed by atoms with Gasteiger partial charge in [-0.15, -0.1) is 11.8 Å². The minimum absolute atomic E-state index is 0.392. The predicted octanol–water partition coefficient (Wildman–Crippen LogP) is 2.95. The second kappa shape index (κ2) is 6.08. The number of nitrogens with zero attached hydrogens (tertiary/aromatic N) is 1. The van der Waals surface area contributed by atoms with Crippen LogP contribution in [0.4, 0.5) is 5.69 Å². The monoisotopic (exact) mass is 293 g/mol. The lowest BCUT2D eigenvalue weighted by Gasteiger charge is -2.13. The quantitative estimate of drug-likeness (QED) is 0.653. The molecule has 1 aromatic carbocycles. The van der Waals surface area contributed by atoms with E-state index in [9.17, 15) is 0 Å². The van der Waals surface area contributed by atoms with Crippen molar-refractivity contribution in [2.75, 3.05) is 11.6 Å². The minimum atomic E-state index is 0.392. The maximum atomic E-state index is 5.81. The summed E-state index contributed by atoms with van der Waals surface area (Å²) in [7, 11) is 0. The van der Waals surface area contributed by atoms with Gasteiger partial charge in [-0.25, -0.2) is 0 Å². The Kier molecular flexibility index (Phi) is 4.44. The molecule has 6 heteroatoms. The van der Waals surface area contributed by atoms with Crippen LogP contribution in [0.2, 0.25) is 0 Å². The number of nitrogens with one attached hydrogen (secondary N) is 1. The molecule has 1 heterocycles. The van der Waals surface area contributed by atoms with E-state index in [-0.39, 0.29) is 0 Å². The number of hydrogen-bond donors (Lipinski definition) is 2. The van der Waals surface area contributed by atoms with E-state index >= 15 is 0 Å². The highest BCUT2D eigenvalue weighted by Gasteiger charge is 2.11. The van der Waals surface area contributed by atoms with Gasteiger partial charge in [0.1, 0.15) is 16.4 Å². The first-order valence-electron chi connectivity index (χ1n) is 5.74. The first kappa shape index (κ1) is 13.9. The van der Waals surface area contributed by atoms with E-state index in [1.54, 1.807) is 11.8 Å². The third-order valence-electron chi connectivity index (χ3n) is 2.63. The second-order valence-corrected chi connectivity index (χ2v) is 5.32. The Morgan fingerprint density at radius 1 is 1.53 bits per heavy atom. The second-order valence-electron chi connectivity index (χ2n) is 4.03. The van der Waals surface area contributed by atoms with Crippen molar-refractivity contribution in [3.8, 4) is 0 Å². The van der Waals surface area contributed by atoms with Crippen molar-refractivity contribution in [1.82, 2.24) is 5.16 Å². The summed E-state index contributed by atoms with van der Waals surface area (Å²) in [5, 5.41) is 7.24. The highest BCUT2D eigenvalue weighted by molar-refractivity contribution is 7.98. The predicted molar refractivity (Wildman–Crippen MR) is 82.7 cm³/mol. The summed E-state index contributed by atoms with van der Waals surface area (Å²) >= 11 is 6.75. The van der Waals surface area contributed by atoms with Gasteiger partial charge in [0.25, 0.3) is 0 Å². The van der Waals surface area contributed by atoms with Gasteiger partial charge in [-0.05, 0) is 25.3 Å². The van der Waals surface area contributed by atoms with Crippen LogP contribution in [0.5, 0.6) is 0 Å². The summed E-state index contributed by atoms with van der Waals surface area (Å²) < 4.78 is 5.03. The average molecular weight is 293 g/mol. The Hall–Kier alpha value is -1.53. The van der Waals surface area contributed by atoms with E-state index in [0.717, 1.165) is 27.6 Å². The molecular weight excluding hydrogens is 278 g/mol. The van der Waals surface area contributed by atoms with Gasteiger partial charge < -0.3 is 15.6 Å². The van der Waals surface area contributed by atoms with Crippen molar-refractivity contribution in [2.45, 2.75) is 18.4 Å². The number of thiocarbonyl (C=S) groups is 1. The smallest absolute Gasteiger partial charge is 0.133 e. The molecule has 100 valence electrons. The van der Waals surface area contributed by atoms with Crippen LogP contribution < -0.4 is 11.1 Å². The van der Waals surface area contributed by atoms with E-state index in [4.69, 9.17) is 22.5 Å². The molecule has 0 bridgehead atoms. The summed E-state index contributed by atoms with van der Waals surface area (Å²) in [5.41, 5.74) is 8.45. The molecule has 0 amide bonds. The van der Waals surface area contributed by atoms with E-state index in [0.29, 0.717) is 11.5 Å². The summed E-state index contributed by atoms with van der Waals surface area (Å²) in [6, 6.07) is 7.83. The van der Waals surface area contributed by atoms with Gasteiger partial charge in [0, 0.05) is 22.2 Å². The Bertz CT molecular complexity index is 595. The van der Waals surface area contributed by atoms with Crippen molar-refractivity contribution in [1.29, 1.82) is 0 Å². The zero-order valence-corrected chi connectivity index (χ0v) is 12.4. The zero-order valence-electron chi connectivity index (χ0n) is 10.8. The Morgan fingerprint density at radius 2 is 2.32 bits per heavy atom. The SMILES string of the molecule is CSc1cccc(NCc2cc(C)on2)c1C(N)=S. The first-order valence-corrected chi connectivity index (χ1v) is 7.38. The minimum Gasteiger partial charge on any atom is -0.389 e. The van der Waals surface area contributed by atoms with Gasteiger partial charge in [0.15, 0.2) is 0 Å². The molecule has 2 aromatic rings. The van der Waals surface area contributed by atoms with Crippen molar-refractivity contribution in [2.24, 2.45) is 5.73 Å². The van der Waals surface area contributed by atoms with Crippen molar-refractivity contribution in [3.05, 3.63) is 41.3 Å². The Morgan fingerprint density at radius 3 is 2.89 bits per heavy atom. The van der Waals surface area contributed by atoms with Crippen LogP contribution in [0.1, 0.15) is 17.0 Å². The fourth-order valence-electron chi connectivity index (χ4n) is 1.79. The lowest BCUT2D eigenvalue weighted by atomic mass is 10.1. The molecule has 19 heavy (non-hydrogen) atoms. The van der Waals surface area contributed by atoms with Crippen LogP contribution in [-0.4, -0.2) is 16.4 Å². The standard InChI is InChI=1S/C13H15N3OS2/c1-8-6-9(16-17-8)7-15-10-4-3-5-11(19-2)12(10)13(14)18/h3-6,15H,7H2,1-2H3,(H2,14,18). The highest BCUT2D eigenvalue weighted by Crippen LogP contribution is 2.27. The van der Waals surface area contributed by atoms with Crippen LogP contribution in [0.25, 0.3) is 0 Å². The highest BCUT2D eigenvalue weighted by atomic mass is 32.2. The van der Waals surface area contributed by atoms with E-state index < -0.39 is 0 Å². The third kappa shape index (κ3) is 3.27. The van der Waals surface area contributed by atoms with Gasteiger partial charge in [0.2, 0.25) is 0 Å². The molecule has 0 aliphatic rings.